The zero-order valence-electron chi connectivity index (χ0n) is 24.8. The van der Waals surface area contributed by atoms with Gasteiger partial charge >= 0.3 is 0 Å². The van der Waals surface area contributed by atoms with E-state index in [2.05, 4.69) is 92.0 Å². The summed E-state index contributed by atoms with van der Waals surface area (Å²) in [4.78, 5) is 0. The fraction of sp³-hybridized carbons (Fsp3) is 0.389. The molecule has 42 heavy (non-hydrogen) atoms. The molecule has 1 aliphatic heterocycles. The fourth-order valence-electron chi connectivity index (χ4n) is 5.28. The predicted octanol–water partition coefficient (Wildman–Crippen LogP) is 8.10. The fourth-order valence-corrected chi connectivity index (χ4v) is 5.28. The van der Waals surface area contributed by atoms with Crippen LogP contribution in [0.15, 0.2) is 91.0 Å². The molecule has 2 unspecified atom stereocenters. The Hall–Kier alpha value is -2.90. The van der Waals surface area contributed by atoms with Gasteiger partial charge in [-0.2, -0.15) is 0 Å². The van der Waals surface area contributed by atoms with E-state index < -0.39 is 0 Å². The van der Waals surface area contributed by atoms with E-state index in [1.165, 1.54) is 21.9 Å². The minimum atomic E-state index is 0. The highest BCUT2D eigenvalue weighted by Crippen LogP contribution is 2.30. The molecule has 4 aromatic rings. The third-order valence-electron chi connectivity index (χ3n) is 7.52. The van der Waals surface area contributed by atoms with E-state index in [4.69, 9.17) is 18.9 Å². The average molecular weight is 635 g/mol. The number of hydrogen-bond acceptors (Lipinski definition) is 5. The summed E-state index contributed by atoms with van der Waals surface area (Å²) in [5.74, 6) is 2.66. The Labute approximate surface area is 261 Å². The molecule has 0 aliphatic carbocycles. The molecular weight excluding hydrogens is 590 g/mol. The molecule has 0 bridgehead atoms. The van der Waals surface area contributed by atoms with Crippen LogP contribution in [0.1, 0.15) is 49.3 Å². The van der Waals surface area contributed by atoms with E-state index in [0.717, 1.165) is 43.0 Å². The zero-order valence-corrected chi connectivity index (χ0v) is 26.5. The quantitative estimate of drug-likeness (QED) is 0.142. The van der Waals surface area contributed by atoms with Crippen LogP contribution in [0.4, 0.5) is 0 Å². The largest absolute Gasteiger partial charge is 0.494 e. The van der Waals surface area contributed by atoms with Gasteiger partial charge in [0.25, 0.3) is 0 Å². The van der Waals surface area contributed by atoms with Crippen molar-refractivity contribution < 1.29 is 18.9 Å². The third-order valence-corrected chi connectivity index (χ3v) is 7.52. The normalized spacial score (nSPS) is 16.7. The van der Waals surface area contributed by atoms with Crippen molar-refractivity contribution in [2.45, 2.75) is 51.9 Å². The third kappa shape index (κ3) is 9.30. The van der Waals surface area contributed by atoms with Crippen molar-refractivity contribution in [1.82, 2.24) is 5.32 Å². The molecule has 0 aromatic heterocycles. The molecule has 5 rings (SSSR count). The minimum Gasteiger partial charge on any atom is -0.494 e. The van der Waals surface area contributed by atoms with E-state index in [-0.39, 0.29) is 23.1 Å². The molecule has 5 nitrogen and oxygen atoms in total. The van der Waals surface area contributed by atoms with E-state index in [9.17, 15) is 0 Å². The van der Waals surface area contributed by atoms with Crippen molar-refractivity contribution in [3.05, 3.63) is 108 Å². The number of para-hydroxylation sites is 1. The summed E-state index contributed by atoms with van der Waals surface area (Å²) < 4.78 is 24.3. The van der Waals surface area contributed by atoms with Gasteiger partial charge in [-0.15, -0.1) is 17.0 Å². The van der Waals surface area contributed by atoms with Crippen LogP contribution in [0.5, 0.6) is 11.5 Å². The Balaban J connectivity index is 0.00000405. The number of piperidine rings is 1. The maximum atomic E-state index is 6.47. The van der Waals surface area contributed by atoms with Crippen molar-refractivity contribution in [2.24, 2.45) is 5.92 Å². The summed E-state index contributed by atoms with van der Waals surface area (Å²) in [6, 6.07) is 31.7. The van der Waals surface area contributed by atoms with Crippen LogP contribution in [0.3, 0.4) is 0 Å². The summed E-state index contributed by atoms with van der Waals surface area (Å²) in [5.41, 5.74) is 3.61. The minimum absolute atomic E-state index is 0. The molecule has 1 fully saturated rings. The Bertz CT molecular complexity index is 1360. The summed E-state index contributed by atoms with van der Waals surface area (Å²) in [7, 11) is 0. The van der Waals surface area contributed by atoms with Crippen LogP contribution in [-0.4, -0.2) is 39.0 Å². The Kier molecular flexibility index (Phi) is 12.7. The number of hydrogen-bond donors (Lipinski definition) is 1. The monoisotopic (exact) mass is 633 g/mol. The van der Waals surface area contributed by atoms with Crippen LogP contribution < -0.4 is 14.8 Å². The molecule has 1 saturated heterocycles. The van der Waals surface area contributed by atoms with Crippen molar-refractivity contribution in [2.75, 3.05) is 32.9 Å². The topological polar surface area (TPSA) is 49.0 Å². The highest BCUT2D eigenvalue weighted by molar-refractivity contribution is 8.93. The first-order chi connectivity index (χ1) is 20.2. The molecular formula is C36H44BrNO4. The van der Waals surface area contributed by atoms with Gasteiger partial charge in [0.1, 0.15) is 11.5 Å². The molecule has 0 saturated carbocycles. The predicted molar refractivity (Wildman–Crippen MR) is 176 cm³/mol. The Morgan fingerprint density at radius 2 is 1.60 bits per heavy atom. The average Bonchev–Trinajstić information content (AvgIpc) is 3.01. The van der Waals surface area contributed by atoms with Gasteiger partial charge in [-0.25, -0.2) is 0 Å². The van der Waals surface area contributed by atoms with Crippen molar-refractivity contribution in [3.63, 3.8) is 0 Å². The Morgan fingerprint density at radius 1 is 0.810 bits per heavy atom. The first kappa shape index (κ1) is 32.0. The van der Waals surface area contributed by atoms with Crippen molar-refractivity contribution >= 4 is 27.8 Å². The Morgan fingerprint density at radius 3 is 2.43 bits per heavy atom. The highest BCUT2D eigenvalue weighted by Gasteiger charge is 2.27. The second-order valence-electron chi connectivity index (χ2n) is 11.3. The van der Waals surface area contributed by atoms with Gasteiger partial charge in [0.15, 0.2) is 0 Å². The van der Waals surface area contributed by atoms with E-state index in [0.29, 0.717) is 44.9 Å². The number of fused-ring (bicyclic) bond motifs is 1. The van der Waals surface area contributed by atoms with Gasteiger partial charge < -0.3 is 24.3 Å². The second-order valence-corrected chi connectivity index (χ2v) is 11.3. The van der Waals surface area contributed by atoms with Gasteiger partial charge in [0.2, 0.25) is 0 Å². The molecule has 0 spiro atoms. The molecule has 1 heterocycles. The number of benzene rings is 4. The highest BCUT2D eigenvalue weighted by atomic mass is 79.9. The SMILES string of the molecule is Br.CC(C)COc1ccccc1COCCCOc1ccc(C2CCNCC2OCc2ccc3ccccc3c2)cc1. The second kappa shape index (κ2) is 16.7. The molecule has 224 valence electrons. The van der Waals surface area contributed by atoms with Crippen molar-refractivity contribution in [1.29, 1.82) is 0 Å². The van der Waals surface area contributed by atoms with Gasteiger partial charge in [-0.3, -0.25) is 0 Å². The lowest BCUT2D eigenvalue weighted by Gasteiger charge is -2.32. The maximum absolute atomic E-state index is 6.47. The van der Waals surface area contributed by atoms with E-state index in [1.807, 2.05) is 18.2 Å². The van der Waals surface area contributed by atoms with Gasteiger partial charge in [0, 0.05) is 24.4 Å². The standard InChI is InChI=1S/C36H43NO4.BrH/c1-27(2)24-40-35-11-6-5-10-32(35)26-38-20-7-21-39-33-16-14-30(15-17-33)34-18-19-37-23-36(34)41-25-28-12-13-29-8-3-4-9-31(29)22-28;/h3-6,8-17,22,27,34,36-37H,7,18-21,23-26H2,1-2H3;1H. The summed E-state index contributed by atoms with van der Waals surface area (Å²) >= 11 is 0. The molecule has 1 N–H and O–H groups in total. The number of nitrogens with one attached hydrogen (secondary N) is 1. The van der Waals surface area contributed by atoms with E-state index in [1.54, 1.807) is 0 Å². The van der Waals surface area contributed by atoms with Crippen molar-refractivity contribution in [3.8, 4) is 11.5 Å². The zero-order chi connectivity index (χ0) is 28.3. The smallest absolute Gasteiger partial charge is 0.124 e. The molecule has 0 radical (unpaired) electrons. The maximum Gasteiger partial charge on any atom is 0.124 e. The summed E-state index contributed by atoms with van der Waals surface area (Å²) in [6.45, 7) is 9.31. The van der Waals surface area contributed by atoms with E-state index >= 15 is 0 Å². The molecule has 4 aromatic carbocycles. The van der Waals surface area contributed by atoms with Crippen LogP contribution in [-0.2, 0) is 22.7 Å². The van der Waals surface area contributed by atoms with Gasteiger partial charge in [0.05, 0.1) is 39.1 Å². The molecule has 6 heteroatoms. The summed E-state index contributed by atoms with van der Waals surface area (Å²) in [6.07, 6.45) is 2.03. The van der Waals surface area contributed by atoms with Crippen LogP contribution in [0.2, 0.25) is 0 Å². The lowest BCUT2D eigenvalue weighted by atomic mass is 9.87. The molecule has 1 aliphatic rings. The first-order valence-corrected chi connectivity index (χ1v) is 15.0. The number of rotatable bonds is 14. The molecule has 2 atom stereocenters. The lowest BCUT2D eigenvalue weighted by molar-refractivity contribution is 0.0106. The lowest BCUT2D eigenvalue weighted by Crippen LogP contribution is -2.40. The van der Waals surface area contributed by atoms with Crippen LogP contribution in [0, 0.1) is 5.92 Å². The van der Waals surface area contributed by atoms with Gasteiger partial charge in [-0.05, 0) is 65.0 Å². The van der Waals surface area contributed by atoms with Crippen LogP contribution >= 0.6 is 17.0 Å². The number of ether oxygens (including phenoxy) is 4. The van der Waals surface area contributed by atoms with Gasteiger partial charge in [-0.1, -0.05) is 80.6 Å². The summed E-state index contributed by atoms with van der Waals surface area (Å²) in [5, 5.41) is 6.03. The number of halogens is 1. The first-order valence-electron chi connectivity index (χ1n) is 15.0. The van der Waals surface area contributed by atoms with Crippen LogP contribution in [0.25, 0.3) is 10.8 Å². The molecule has 0 amide bonds.